The van der Waals surface area contributed by atoms with Crippen molar-refractivity contribution in [1.29, 1.82) is 0 Å². The maximum absolute atomic E-state index is 12.1. The number of amides is 2. The second kappa shape index (κ2) is 9.55. The fraction of sp³-hybridized carbons (Fsp3) is 0.381. The van der Waals surface area contributed by atoms with Crippen molar-refractivity contribution in [1.82, 2.24) is 5.06 Å². The molecule has 1 aliphatic rings. The normalized spacial score (nSPS) is 15.7. The van der Waals surface area contributed by atoms with Crippen molar-refractivity contribution in [3.8, 4) is 0 Å². The summed E-state index contributed by atoms with van der Waals surface area (Å²) in [6.45, 7) is 15.0. The van der Waals surface area contributed by atoms with Gasteiger partial charge in [-0.3, -0.25) is 14.4 Å². The van der Waals surface area contributed by atoms with Gasteiger partial charge in [-0.15, -0.1) is 17.7 Å². The van der Waals surface area contributed by atoms with Crippen molar-refractivity contribution >= 4 is 29.6 Å². The van der Waals surface area contributed by atoms with Crippen LogP contribution < -0.4 is 0 Å². The van der Waals surface area contributed by atoms with Crippen molar-refractivity contribution in [3.63, 3.8) is 0 Å². The second-order valence-corrected chi connectivity index (χ2v) is 7.36. The van der Waals surface area contributed by atoms with Crippen molar-refractivity contribution in [2.24, 2.45) is 5.41 Å². The molecule has 1 heterocycles. The Hall–Kier alpha value is -2.34. The molecule has 6 heteroatoms. The topological polar surface area (TPSA) is 63.7 Å². The molecule has 0 unspecified atom stereocenters. The Balaban J connectivity index is 3.67. The lowest BCUT2D eigenvalue weighted by Gasteiger charge is -2.29. The molecule has 1 fully saturated rings. The van der Waals surface area contributed by atoms with E-state index in [2.05, 4.69) is 25.8 Å². The molecule has 0 aromatic heterocycles. The first-order valence-corrected chi connectivity index (χ1v) is 9.12. The molecule has 1 rings (SSSR count). The average Bonchev–Trinajstić information content (AvgIpc) is 2.89. The minimum absolute atomic E-state index is 0.113. The summed E-state index contributed by atoms with van der Waals surface area (Å²) < 4.78 is 0. The number of hydrogen-bond donors (Lipinski definition) is 1. The molecule has 5 nitrogen and oxygen atoms in total. The van der Waals surface area contributed by atoms with Gasteiger partial charge >= 0.3 is 0 Å². The fourth-order valence-electron chi connectivity index (χ4n) is 2.66. The molecule has 2 amide bonds. The van der Waals surface area contributed by atoms with Gasteiger partial charge in [0.25, 0.3) is 11.8 Å². The van der Waals surface area contributed by atoms with Gasteiger partial charge < -0.3 is 4.84 Å². The van der Waals surface area contributed by atoms with E-state index in [9.17, 15) is 14.4 Å². The van der Waals surface area contributed by atoms with Crippen LogP contribution in [0.5, 0.6) is 0 Å². The van der Waals surface area contributed by atoms with Gasteiger partial charge in [0.1, 0.15) is 0 Å². The molecule has 0 saturated carbocycles. The van der Waals surface area contributed by atoms with Gasteiger partial charge in [-0.2, -0.15) is 0 Å². The van der Waals surface area contributed by atoms with Crippen LogP contribution in [-0.2, 0) is 19.2 Å². The van der Waals surface area contributed by atoms with Crippen LogP contribution in [0.25, 0.3) is 0 Å². The van der Waals surface area contributed by atoms with E-state index < -0.39 is 17.2 Å². The molecule has 0 radical (unpaired) electrons. The number of hydrogen-bond acceptors (Lipinski definition) is 4. The minimum atomic E-state index is -0.611. The Morgan fingerprint density at radius 2 is 1.74 bits per heavy atom. The summed E-state index contributed by atoms with van der Waals surface area (Å²) in [6, 6.07) is 0. The number of hydroxylamine groups is 2. The van der Waals surface area contributed by atoms with Crippen molar-refractivity contribution in [2.45, 2.75) is 47.0 Å². The molecule has 0 aromatic rings. The van der Waals surface area contributed by atoms with Crippen molar-refractivity contribution < 1.29 is 19.2 Å². The number of thiol groups is 1. The predicted octanol–water partition coefficient (Wildman–Crippen LogP) is 4.46. The number of carbonyl (C=O) groups excluding carboxylic acids is 3. The predicted molar refractivity (Wildman–Crippen MR) is 109 cm³/mol. The number of rotatable bonds is 9. The zero-order valence-corrected chi connectivity index (χ0v) is 17.3. The molecule has 0 aromatic carbocycles. The zero-order valence-electron chi connectivity index (χ0n) is 16.4. The highest BCUT2D eigenvalue weighted by Gasteiger charge is 2.35. The van der Waals surface area contributed by atoms with Crippen LogP contribution in [-0.4, -0.2) is 22.0 Å². The summed E-state index contributed by atoms with van der Waals surface area (Å²) >= 11 is 3.89. The molecule has 1 aliphatic heterocycles. The van der Waals surface area contributed by atoms with Crippen LogP contribution >= 0.6 is 12.6 Å². The van der Waals surface area contributed by atoms with Crippen LogP contribution in [0.1, 0.15) is 47.0 Å². The fourth-order valence-corrected chi connectivity index (χ4v) is 3.05. The molecule has 1 saturated heterocycles. The highest BCUT2D eigenvalue weighted by Crippen LogP contribution is 2.37. The molecule has 0 spiro atoms. The highest BCUT2D eigenvalue weighted by atomic mass is 32.1. The number of imide groups is 1. The smallest absolute Gasteiger partial charge is 0.263 e. The third-order valence-electron chi connectivity index (χ3n) is 4.47. The summed E-state index contributed by atoms with van der Waals surface area (Å²) in [6.07, 6.45) is 7.22. The average molecular weight is 390 g/mol. The standard InChI is InChI=1S/C21H27NO4S/c1-7-10-16(15(8-2)9-3)20(14(4)21(5,6)13-19(25)27)26-22-17(23)11-12-18(22)24/h7-10H,2-3,11-13H2,1,4-6H3,(H,25,27)/b10-7-,20-14-. The molecule has 0 aliphatic carbocycles. The SMILES string of the molecule is C=CC(C=C)=C(/C=C\C)/C(ON1C(=O)CCC1=O)=C(\C)C(C)(C)CC(=O)S. The van der Waals surface area contributed by atoms with Crippen LogP contribution in [0.3, 0.4) is 0 Å². The molecule has 0 atom stereocenters. The van der Waals surface area contributed by atoms with Gasteiger partial charge in [0, 0.05) is 24.8 Å². The summed E-state index contributed by atoms with van der Waals surface area (Å²) in [7, 11) is 0. The van der Waals surface area contributed by atoms with E-state index in [1.807, 2.05) is 33.8 Å². The summed E-state index contributed by atoms with van der Waals surface area (Å²) in [5, 5.41) is 0.529. The van der Waals surface area contributed by atoms with Crippen LogP contribution in [0, 0.1) is 5.41 Å². The first kappa shape index (κ1) is 22.7. The van der Waals surface area contributed by atoms with E-state index in [0.717, 1.165) is 5.06 Å². The van der Waals surface area contributed by atoms with Gasteiger partial charge in [-0.1, -0.05) is 51.3 Å². The van der Waals surface area contributed by atoms with Crippen LogP contribution in [0.4, 0.5) is 0 Å². The lowest BCUT2D eigenvalue weighted by molar-refractivity contribution is -0.176. The molecule has 0 N–H and O–H groups in total. The van der Waals surface area contributed by atoms with E-state index in [0.29, 0.717) is 22.5 Å². The minimum Gasteiger partial charge on any atom is -0.368 e. The monoisotopic (exact) mass is 389 g/mol. The molecular weight excluding hydrogens is 362 g/mol. The van der Waals surface area contributed by atoms with Crippen LogP contribution in [0.2, 0.25) is 0 Å². The Kier molecular flexibility index (Phi) is 8.03. The maximum atomic E-state index is 12.1. The Bertz CT molecular complexity index is 730. The molecule has 0 bridgehead atoms. The molecular formula is C21H27NO4S. The van der Waals surface area contributed by atoms with Gasteiger partial charge in [-0.25, -0.2) is 0 Å². The van der Waals surface area contributed by atoms with Crippen molar-refractivity contribution in [3.05, 3.63) is 59.9 Å². The largest absolute Gasteiger partial charge is 0.368 e. The van der Waals surface area contributed by atoms with E-state index in [1.54, 1.807) is 18.2 Å². The zero-order chi connectivity index (χ0) is 20.8. The van der Waals surface area contributed by atoms with E-state index >= 15 is 0 Å². The third kappa shape index (κ3) is 5.57. The Morgan fingerprint density at radius 3 is 2.15 bits per heavy atom. The number of allylic oxidation sites excluding steroid dienone is 6. The summed E-state index contributed by atoms with van der Waals surface area (Å²) in [4.78, 5) is 41.6. The summed E-state index contributed by atoms with van der Waals surface area (Å²) in [5.41, 5.74) is 1.38. The number of nitrogens with zero attached hydrogens (tertiary/aromatic N) is 1. The first-order valence-electron chi connectivity index (χ1n) is 8.68. The van der Waals surface area contributed by atoms with Gasteiger partial charge in [0.15, 0.2) is 10.9 Å². The maximum Gasteiger partial charge on any atom is 0.263 e. The third-order valence-corrected chi connectivity index (χ3v) is 4.62. The van der Waals surface area contributed by atoms with Crippen molar-refractivity contribution in [2.75, 3.05) is 0 Å². The number of carbonyl (C=O) groups is 3. The van der Waals surface area contributed by atoms with Gasteiger partial charge in [0.2, 0.25) is 0 Å². The Morgan fingerprint density at radius 1 is 1.22 bits per heavy atom. The molecule has 27 heavy (non-hydrogen) atoms. The van der Waals surface area contributed by atoms with Gasteiger partial charge in [0.05, 0.1) is 0 Å². The van der Waals surface area contributed by atoms with E-state index in [4.69, 9.17) is 4.84 Å². The summed E-state index contributed by atoms with van der Waals surface area (Å²) in [5.74, 6) is -0.468. The van der Waals surface area contributed by atoms with E-state index in [-0.39, 0.29) is 24.4 Å². The van der Waals surface area contributed by atoms with E-state index in [1.165, 1.54) is 0 Å². The van der Waals surface area contributed by atoms with Gasteiger partial charge in [-0.05, 0) is 30.4 Å². The first-order chi connectivity index (χ1) is 12.6. The molecule has 146 valence electrons. The quantitative estimate of drug-likeness (QED) is 0.274. The van der Waals surface area contributed by atoms with Crippen LogP contribution in [0.15, 0.2) is 59.9 Å². The second-order valence-electron chi connectivity index (χ2n) is 6.86. The lowest BCUT2D eigenvalue weighted by Crippen LogP contribution is -2.31. The Labute approximate surface area is 166 Å². The lowest BCUT2D eigenvalue weighted by atomic mass is 9.80. The highest BCUT2D eigenvalue weighted by molar-refractivity contribution is 7.96.